The van der Waals surface area contributed by atoms with Crippen molar-refractivity contribution in [2.45, 2.75) is 19.5 Å². The zero-order chi connectivity index (χ0) is 15.5. The van der Waals surface area contributed by atoms with Gasteiger partial charge < -0.3 is 5.84 Å². The Morgan fingerprint density at radius 1 is 1.33 bits per heavy atom. The lowest BCUT2D eigenvalue weighted by Crippen LogP contribution is -2.15. The predicted octanol–water partition coefficient (Wildman–Crippen LogP) is 2.02. The molecule has 0 spiro atoms. The molecule has 0 atom stereocenters. The molecule has 3 N–H and O–H groups in total. The van der Waals surface area contributed by atoms with Crippen molar-refractivity contribution in [2.75, 3.05) is 11.3 Å². The molecular formula is C12H13F3N6. The maximum Gasteiger partial charge on any atom is 0.417 e. The second kappa shape index (κ2) is 5.81. The predicted molar refractivity (Wildman–Crippen MR) is 72.2 cm³/mol. The number of aryl methyl sites for hydroxylation is 1. The number of anilines is 1. The Hall–Kier alpha value is -2.58. The van der Waals surface area contributed by atoms with E-state index < -0.39 is 11.7 Å². The topological polar surface area (TPSA) is 81.1 Å². The highest BCUT2D eigenvalue weighted by Gasteiger charge is 2.32. The van der Waals surface area contributed by atoms with Gasteiger partial charge in [-0.25, -0.2) is 10.1 Å². The number of aromatic nitrogens is 3. The molecule has 2 aromatic rings. The first-order chi connectivity index (χ1) is 9.93. The van der Waals surface area contributed by atoms with Gasteiger partial charge in [0.05, 0.1) is 11.8 Å². The molecule has 112 valence electrons. The summed E-state index contributed by atoms with van der Waals surface area (Å²) in [4.78, 5) is 0. The highest BCUT2D eigenvalue weighted by Crippen LogP contribution is 2.31. The second-order valence-corrected chi connectivity index (χ2v) is 4.12. The van der Waals surface area contributed by atoms with Gasteiger partial charge in [-0.15, -0.1) is 10.2 Å². The summed E-state index contributed by atoms with van der Waals surface area (Å²) in [6.07, 6.45) is -2.80. The minimum Gasteiger partial charge on any atom is -0.335 e. The van der Waals surface area contributed by atoms with E-state index in [1.54, 1.807) is 0 Å². The summed E-state index contributed by atoms with van der Waals surface area (Å²) in [5, 5.41) is 11.2. The molecule has 1 aromatic heterocycles. The van der Waals surface area contributed by atoms with Crippen LogP contribution >= 0.6 is 0 Å². The summed E-state index contributed by atoms with van der Waals surface area (Å²) in [6, 6.07) is 5.12. The number of hydrogen-bond acceptors (Lipinski definition) is 5. The summed E-state index contributed by atoms with van der Waals surface area (Å²) in [6.45, 7) is 1.85. The number of hydrazone groups is 1. The lowest BCUT2D eigenvalue weighted by Gasteiger charge is -2.09. The van der Waals surface area contributed by atoms with E-state index in [4.69, 9.17) is 5.84 Å². The maximum absolute atomic E-state index is 12.8. The fourth-order valence-electron chi connectivity index (χ4n) is 1.67. The second-order valence-electron chi connectivity index (χ2n) is 4.12. The Kier molecular flexibility index (Phi) is 4.10. The van der Waals surface area contributed by atoms with Gasteiger partial charge >= 0.3 is 6.18 Å². The van der Waals surface area contributed by atoms with Crippen LogP contribution < -0.4 is 11.3 Å². The molecule has 0 fully saturated rings. The number of nitrogens with zero attached hydrogens (tertiary/aromatic N) is 4. The number of hydrogen-bond donors (Lipinski definition) is 2. The lowest BCUT2D eigenvalue weighted by molar-refractivity contribution is -0.137. The molecule has 0 saturated carbocycles. The molecule has 1 aromatic carbocycles. The molecule has 21 heavy (non-hydrogen) atoms. The van der Waals surface area contributed by atoms with Gasteiger partial charge in [-0.3, -0.25) is 0 Å². The molecule has 6 nitrogen and oxygen atoms in total. The molecule has 0 saturated heterocycles. The average Bonchev–Trinajstić information content (AvgIpc) is 2.79. The van der Waals surface area contributed by atoms with E-state index in [9.17, 15) is 13.2 Å². The molecule has 0 unspecified atom stereocenters. The first kappa shape index (κ1) is 14.8. The summed E-state index contributed by atoms with van der Waals surface area (Å²) in [5.74, 6) is 6.34. The van der Waals surface area contributed by atoms with Gasteiger partial charge in [0.15, 0.2) is 5.82 Å². The molecule has 0 radical (unpaired) electrons. The Labute approximate surface area is 118 Å². The van der Waals surface area contributed by atoms with E-state index >= 15 is 0 Å². The van der Waals surface area contributed by atoms with Crippen molar-refractivity contribution >= 4 is 12.2 Å². The van der Waals surface area contributed by atoms with Crippen molar-refractivity contribution in [3.8, 4) is 0 Å². The molecule has 0 aliphatic carbocycles. The van der Waals surface area contributed by atoms with Crippen LogP contribution in [0.1, 0.15) is 23.9 Å². The molecule has 0 aliphatic heterocycles. The third-order valence-electron chi connectivity index (χ3n) is 2.72. The van der Waals surface area contributed by atoms with Crippen molar-refractivity contribution < 1.29 is 13.2 Å². The van der Waals surface area contributed by atoms with E-state index in [2.05, 4.69) is 20.7 Å². The van der Waals surface area contributed by atoms with Crippen LogP contribution in [0.2, 0.25) is 0 Å². The standard InChI is InChI=1S/C12H13F3N6/c1-2-10-18-20-11(21(10)16)19-17-7-8-5-3-4-6-9(8)12(13,14)15/h3-7H,2,16H2,1H3,(H,19,20)/b17-7+. The molecule has 0 amide bonds. The number of alkyl halides is 3. The van der Waals surface area contributed by atoms with E-state index in [0.717, 1.165) is 12.3 Å². The van der Waals surface area contributed by atoms with Crippen LogP contribution in [-0.2, 0) is 12.6 Å². The largest absolute Gasteiger partial charge is 0.417 e. The van der Waals surface area contributed by atoms with E-state index in [0.29, 0.717) is 12.2 Å². The monoisotopic (exact) mass is 298 g/mol. The van der Waals surface area contributed by atoms with Gasteiger partial charge in [-0.05, 0) is 6.07 Å². The SMILES string of the molecule is CCc1nnc(N/N=C/c2ccccc2C(F)(F)F)n1N. The van der Waals surface area contributed by atoms with Gasteiger partial charge in [-0.2, -0.15) is 18.3 Å². The van der Waals surface area contributed by atoms with Crippen molar-refractivity contribution in [2.24, 2.45) is 5.10 Å². The van der Waals surface area contributed by atoms with Crippen LogP contribution in [0.25, 0.3) is 0 Å². The summed E-state index contributed by atoms with van der Waals surface area (Å²) in [7, 11) is 0. The van der Waals surface area contributed by atoms with Gasteiger partial charge in [0.2, 0.25) is 0 Å². The number of benzene rings is 1. The Balaban J connectivity index is 2.17. The average molecular weight is 298 g/mol. The fourth-order valence-corrected chi connectivity index (χ4v) is 1.67. The molecule has 1 heterocycles. The van der Waals surface area contributed by atoms with Crippen LogP contribution in [0.5, 0.6) is 0 Å². The maximum atomic E-state index is 12.8. The number of nitrogens with one attached hydrogen (secondary N) is 1. The third kappa shape index (κ3) is 3.30. The summed E-state index contributed by atoms with van der Waals surface area (Å²) < 4.78 is 39.5. The van der Waals surface area contributed by atoms with Gasteiger partial charge in [0.1, 0.15) is 0 Å². The van der Waals surface area contributed by atoms with Crippen LogP contribution in [0.4, 0.5) is 19.1 Å². The number of rotatable bonds is 4. The molecule has 9 heteroatoms. The van der Waals surface area contributed by atoms with E-state index in [1.165, 1.54) is 22.9 Å². The van der Waals surface area contributed by atoms with E-state index in [1.807, 2.05) is 6.92 Å². The van der Waals surface area contributed by atoms with Crippen LogP contribution in [0.3, 0.4) is 0 Å². The molecule has 2 rings (SSSR count). The van der Waals surface area contributed by atoms with Crippen LogP contribution in [-0.4, -0.2) is 21.1 Å². The third-order valence-corrected chi connectivity index (χ3v) is 2.72. The minimum atomic E-state index is -4.44. The highest BCUT2D eigenvalue weighted by molar-refractivity contribution is 5.82. The molecular weight excluding hydrogens is 285 g/mol. The first-order valence-electron chi connectivity index (χ1n) is 6.08. The fraction of sp³-hybridized carbons (Fsp3) is 0.250. The van der Waals surface area contributed by atoms with Gasteiger partial charge in [0, 0.05) is 12.0 Å². The Morgan fingerprint density at radius 3 is 2.67 bits per heavy atom. The van der Waals surface area contributed by atoms with Gasteiger partial charge in [-0.1, -0.05) is 25.1 Å². The normalized spacial score (nSPS) is 12.0. The lowest BCUT2D eigenvalue weighted by atomic mass is 10.1. The van der Waals surface area contributed by atoms with Crippen molar-refractivity contribution in [3.63, 3.8) is 0 Å². The Bertz CT molecular complexity index is 647. The first-order valence-corrected chi connectivity index (χ1v) is 6.08. The summed E-state index contributed by atoms with van der Waals surface area (Å²) in [5.41, 5.74) is 1.64. The quantitative estimate of drug-likeness (QED) is 0.514. The van der Waals surface area contributed by atoms with E-state index in [-0.39, 0.29) is 11.5 Å². The van der Waals surface area contributed by atoms with Crippen molar-refractivity contribution in [1.29, 1.82) is 0 Å². The van der Waals surface area contributed by atoms with Gasteiger partial charge in [0.25, 0.3) is 5.95 Å². The van der Waals surface area contributed by atoms with Crippen molar-refractivity contribution in [1.82, 2.24) is 14.9 Å². The highest BCUT2D eigenvalue weighted by atomic mass is 19.4. The molecule has 0 bridgehead atoms. The van der Waals surface area contributed by atoms with Crippen LogP contribution in [0.15, 0.2) is 29.4 Å². The molecule has 0 aliphatic rings. The number of halogens is 3. The summed E-state index contributed by atoms with van der Waals surface area (Å²) >= 11 is 0. The smallest absolute Gasteiger partial charge is 0.335 e. The Morgan fingerprint density at radius 2 is 2.05 bits per heavy atom. The zero-order valence-electron chi connectivity index (χ0n) is 11.1. The minimum absolute atomic E-state index is 0.0590. The number of nitrogen functional groups attached to an aromatic ring is 1. The van der Waals surface area contributed by atoms with Crippen LogP contribution in [0, 0.1) is 0 Å². The number of nitrogens with two attached hydrogens (primary N) is 1. The van der Waals surface area contributed by atoms with Crippen molar-refractivity contribution in [3.05, 3.63) is 41.2 Å². The zero-order valence-corrected chi connectivity index (χ0v) is 11.1.